The van der Waals surface area contributed by atoms with Crippen molar-refractivity contribution in [2.75, 3.05) is 0 Å². The number of amides is 1. The Bertz CT molecular complexity index is 641. The highest BCUT2D eigenvalue weighted by molar-refractivity contribution is 5.85. The molecule has 24 heavy (non-hydrogen) atoms. The van der Waals surface area contributed by atoms with Gasteiger partial charge in [0.15, 0.2) is 0 Å². The first-order valence-corrected chi connectivity index (χ1v) is 8.31. The summed E-state index contributed by atoms with van der Waals surface area (Å²) < 4.78 is 0. The minimum absolute atomic E-state index is 0. The first kappa shape index (κ1) is 18.5. The largest absolute Gasteiger partial charge is 0.353 e. The Kier molecular flexibility index (Phi) is 6.41. The summed E-state index contributed by atoms with van der Waals surface area (Å²) in [5, 5.41) is 3.15. The lowest BCUT2D eigenvalue weighted by Crippen LogP contribution is -2.46. The van der Waals surface area contributed by atoms with Gasteiger partial charge in [0.1, 0.15) is 0 Å². The van der Waals surface area contributed by atoms with Gasteiger partial charge in [0.2, 0.25) is 5.91 Å². The van der Waals surface area contributed by atoms with E-state index < -0.39 is 0 Å². The summed E-state index contributed by atoms with van der Waals surface area (Å²) in [6, 6.07) is 20.3. The topological polar surface area (TPSA) is 55.1 Å². The van der Waals surface area contributed by atoms with Crippen LogP contribution in [0, 0.1) is 5.92 Å². The second-order valence-electron chi connectivity index (χ2n) is 6.51. The predicted octanol–water partition coefficient (Wildman–Crippen LogP) is 3.81. The maximum Gasteiger partial charge on any atom is 0.224 e. The fraction of sp³-hybridized carbons (Fsp3) is 0.350. The Hall–Kier alpha value is -1.84. The lowest BCUT2D eigenvalue weighted by Gasteiger charge is -2.37. The number of hydrogen-bond acceptors (Lipinski definition) is 2. The Morgan fingerprint density at radius 2 is 1.58 bits per heavy atom. The summed E-state index contributed by atoms with van der Waals surface area (Å²) >= 11 is 0. The molecule has 2 unspecified atom stereocenters. The first-order valence-electron chi connectivity index (χ1n) is 8.31. The second-order valence-corrected chi connectivity index (χ2v) is 6.51. The molecule has 128 valence electrons. The normalized spacial score (nSPS) is 21.8. The third-order valence-electron chi connectivity index (χ3n) is 4.89. The molecule has 2 atom stereocenters. The molecule has 0 aliphatic heterocycles. The van der Waals surface area contributed by atoms with E-state index in [2.05, 4.69) is 29.6 Å². The summed E-state index contributed by atoms with van der Waals surface area (Å²) in [7, 11) is 0. The van der Waals surface area contributed by atoms with Crippen molar-refractivity contribution in [3.63, 3.8) is 0 Å². The van der Waals surface area contributed by atoms with E-state index in [1.165, 1.54) is 5.56 Å². The molecule has 3 rings (SSSR count). The van der Waals surface area contributed by atoms with E-state index >= 15 is 0 Å². The smallest absolute Gasteiger partial charge is 0.224 e. The molecule has 3 N–H and O–H groups in total. The Labute approximate surface area is 150 Å². The third-order valence-corrected chi connectivity index (χ3v) is 4.89. The van der Waals surface area contributed by atoms with Crippen LogP contribution in [0.2, 0.25) is 0 Å². The van der Waals surface area contributed by atoms with Crippen molar-refractivity contribution in [3.8, 4) is 0 Å². The number of halogens is 1. The van der Waals surface area contributed by atoms with Gasteiger partial charge in [-0.25, -0.2) is 0 Å². The van der Waals surface area contributed by atoms with Crippen LogP contribution in [0.15, 0.2) is 60.7 Å². The number of nitrogens with two attached hydrogens (primary N) is 1. The van der Waals surface area contributed by atoms with Gasteiger partial charge in [-0.1, -0.05) is 67.6 Å². The van der Waals surface area contributed by atoms with E-state index in [0.29, 0.717) is 5.92 Å². The van der Waals surface area contributed by atoms with Crippen molar-refractivity contribution < 1.29 is 4.79 Å². The molecule has 0 spiro atoms. The molecule has 1 saturated carbocycles. The molecule has 4 heteroatoms. The monoisotopic (exact) mass is 344 g/mol. The Morgan fingerprint density at radius 1 is 1.04 bits per heavy atom. The maximum atomic E-state index is 12.4. The molecule has 1 fully saturated rings. The van der Waals surface area contributed by atoms with Crippen molar-refractivity contribution in [3.05, 3.63) is 71.8 Å². The molecule has 1 aliphatic carbocycles. The highest BCUT2D eigenvalue weighted by atomic mass is 35.5. The van der Waals surface area contributed by atoms with Crippen LogP contribution in [-0.4, -0.2) is 11.9 Å². The number of carbonyl (C=O) groups excluding carboxylic acids is 1. The van der Waals surface area contributed by atoms with Crippen LogP contribution in [0.5, 0.6) is 0 Å². The van der Waals surface area contributed by atoms with E-state index in [4.69, 9.17) is 5.73 Å². The van der Waals surface area contributed by atoms with Gasteiger partial charge in [-0.05, 0) is 29.9 Å². The van der Waals surface area contributed by atoms with Gasteiger partial charge >= 0.3 is 0 Å². The zero-order chi connectivity index (χ0) is 16.2. The van der Waals surface area contributed by atoms with Crippen LogP contribution >= 0.6 is 12.4 Å². The quantitative estimate of drug-likeness (QED) is 0.866. The zero-order valence-electron chi connectivity index (χ0n) is 13.9. The van der Waals surface area contributed by atoms with E-state index in [9.17, 15) is 4.79 Å². The number of hydrogen-bond donors (Lipinski definition) is 2. The number of rotatable bonds is 5. The van der Waals surface area contributed by atoms with Crippen LogP contribution in [0.25, 0.3) is 0 Å². The van der Waals surface area contributed by atoms with Crippen molar-refractivity contribution in [2.45, 2.75) is 37.8 Å². The van der Waals surface area contributed by atoms with E-state index in [1.807, 2.05) is 43.3 Å². The number of carbonyl (C=O) groups is 1. The van der Waals surface area contributed by atoms with E-state index in [0.717, 1.165) is 18.4 Å². The lowest BCUT2D eigenvalue weighted by atomic mass is 9.75. The minimum Gasteiger partial charge on any atom is -0.353 e. The molecule has 0 heterocycles. The molecule has 0 bridgehead atoms. The molecule has 2 aromatic carbocycles. The average molecular weight is 345 g/mol. The van der Waals surface area contributed by atoms with Crippen LogP contribution in [0.1, 0.15) is 42.9 Å². The van der Waals surface area contributed by atoms with Crippen molar-refractivity contribution in [1.82, 2.24) is 5.32 Å². The molecule has 2 aromatic rings. The molecule has 3 nitrogen and oxygen atoms in total. The summed E-state index contributed by atoms with van der Waals surface area (Å²) in [4.78, 5) is 12.4. The minimum atomic E-state index is -0.263. The van der Waals surface area contributed by atoms with E-state index in [-0.39, 0.29) is 36.3 Å². The van der Waals surface area contributed by atoms with Gasteiger partial charge < -0.3 is 11.1 Å². The molecule has 0 saturated heterocycles. The summed E-state index contributed by atoms with van der Waals surface area (Å²) in [5.41, 5.74) is 8.61. The highest BCUT2D eigenvalue weighted by Gasteiger charge is 2.33. The lowest BCUT2D eigenvalue weighted by molar-refractivity contribution is -0.126. The van der Waals surface area contributed by atoms with Gasteiger partial charge in [0, 0.05) is 12.1 Å². The predicted molar refractivity (Wildman–Crippen MR) is 100 cm³/mol. The molecule has 0 radical (unpaired) electrons. The van der Waals surface area contributed by atoms with Crippen LogP contribution in [-0.2, 0) is 4.79 Å². The standard InChI is InChI=1S/C20H24N2O.ClH/c1-14(19(21)16-10-6-3-7-11-16)20(23)22-18-12-17(13-18)15-8-4-2-5-9-15;/h2-11,14,17-19H,12-13,21H2,1H3,(H,22,23);1H. The summed E-state index contributed by atoms with van der Waals surface area (Å²) in [6.45, 7) is 1.90. The molecular weight excluding hydrogens is 320 g/mol. The van der Waals surface area contributed by atoms with Gasteiger partial charge in [0.05, 0.1) is 5.92 Å². The maximum absolute atomic E-state index is 12.4. The average Bonchev–Trinajstić information content (AvgIpc) is 2.57. The van der Waals surface area contributed by atoms with Crippen LogP contribution < -0.4 is 11.1 Å². The van der Waals surface area contributed by atoms with E-state index in [1.54, 1.807) is 0 Å². The SMILES string of the molecule is CC(C(=O)NC1CC(c2ccccc2)C1)C(N)c1ccccc1.Cl. The fourth-order valence-electron chi connectivity index (χ4n) is 3.19. The first-order chi connectivity index (χ1) is 11.1. The highest BCUT2D eigenvalue weighted by Crippen LogP contribution is 2.37. The molecular formula is C20H25ClN2O. The van der Waals surface area contributed by atoms with Gasteiger partial charge in [-0.15, -0.1) is 12.4 Å². The number of benzene rings is 2. The zero-order valence-corrected chi connectivity index (χ0v) is 14.7. The van der Waals surface area contributed by atoms with Gasteiger partial charge in [-0.3, -0.25) is 4.79 Å². The molecule has 1 amide bonds. The number of nitrogens with one attached hydrogen (secondary N) is 1. The molecule has 0 aromatic heterocycles. The van der Waals surface area contributed by atoms with Crippen LogP contribution in [0.3, 0.4) is 0 Å². The van der Waals surface area contributed by atoms with Crippen molar-refractivity contribution >= 4 is 18.3 Å². The second kappa shape index (κ2) is 8.32. The Morgan fingerprint density at radius 3 is 2.17 bits per heavy atom. The third kappa shape index (κ3) is 4.16. The Balaban J connectivity index is 0.00000208. The van der Waals surface area contributed by atoms with Crippen molar-refractivity contribution in [1.29, 1.82) is 0 Å². The van der Waals surface area contributed by atoms with Crippen LogP contribution in [0.4, 0.5) is 0 Å². The fourth-order valence-corrected chi connectivity index (χ4v) is 3.19. The summed E-state index contributed by atoms with van der Waals surface area (Å²) in [6.07, 6.45) is 2.03. The molecule has 1 aliphatic rings. The summed E-state index contributed by atoms with van der Waals surface area (Å²) in [5.74, 6) is 0.394. The van der Waals surface area contributed by atoms with Gasteiger partial charge in [-0.2, -0.15) is 0 Å². The van der Waals surface area contributed by atoms with Crippen molar-refractivity contribution in [2.24, 2.45) is 11.7 Å². The van der Waals surface area contributed by atoms with Gasteiger partial charge in [0.25, 0.3) is 0 Å².